The largest absolute Gasteiger partial charge is 0.497 e. The van der Waals surface area contributed by atoms with Gasteiger partial charge in [0.1, 0.15) is 5.75 Å². The summed E-state index contributed by atoms with van der Waals surface area (Å²) in [6, 6.07) is 46.3. The van der Waals surface area contributed by atoms with Gasteiger partial charge in [0.15, 0.2) is 5.60 Å². The van der Waals surface area contributed by atoms with E-state index in [1.807, 2.05) is 137 Å². The third-order valence-corrected chi connectivity index (χ3v) is 19.1. The topological polar surface area (TPSA) is 165 Å². The number of amides is 1. The predicted octanol–water partition coefficient (Wildman–Crippen LogP) is 7.53. The van der Waals surface area contributed by atoms with Crippen molar-refractivity contribution in [2.45, 2.75) is 62.7 Å². The lowest BCUT2D eigenvalue weighted by Crippen LogP contribution is -2.51. The van der Waals surface area contributed by atoms with Crippen LogP contribution in [0.1, 0.15) is 41.6 Å². The summed E-state index contributed by atoms with van der Waals surface area (Å²) in [6.45, 7) is 7.44. The number of aliphatic hydroxyl groups is 1. The highest BCUT2D eigenvalue weighted by atomic mass is 28.3. The monoisotopic (exact) mass is 936 g/mol. The van der Waals surface area contributed by atoms with Crippen LogP contribution in [0.25, 0.3) is 33.2 Å². The minimum Gasteiger partial charge on any atom is -0.497 e. The number of hydrogen-bond acceptors (Lipinski definition) is 8. The number of benzene rings is 6. The molecule has 0 radical (unpaired) electrons. The zero-order valence-electron chi connectivity index (χ0n) is 38.7. The molecule has 0 bridgehead atoms. The number of ether oxygens (including phenoxy) is 2. The Balaban J connectivity index is 0.996. The third-order valence-electron chi connectivity index (χ3n) is 14.7. The van der Waals surface area contributed by atoms with E-state index in [0.29, 0.717) is 57.6 Å². The Bertz CT molecular complexity index is 3490. The second-order valence-corrected chi connectivity index (χ2v) is 23.5. The molecule has 5 heterocycles. The molecule has 14 nitrogen and oxygen atoms in total. The fourth-order valence-electron chi connectivity index (χ4n) is 11.2. The maximum absolute atomic E-state index is 15.9. The molecular weight excluding hydrogens is 885 g/mol. The standard InChI is InChI=1S/C54H52N8O6Si/c1-34-50(69(3,4)40-25-23-39(67-2)24-26-40)49(28-29-59-32-47(55-58-59)43(33-63)36-12-6-5-7-13-36)68-54(34)44-30-38(62-52(65)42-15-9-11-17-46(42)57-62)22-27-48(44)60(53(54)66)31-35-18-20-37(21-19-35)61-51(64)41-14-8-10-16-45(41)56-61/h5-27,30,32,34,43,49-50,56-57,63H,28-29,31,33H2,1-4H3/t34-,43?,49+,50-,54+/m0/s1. The van der Waals surface area contributed by atoms with Crippen LogP contribution < -0.4 is 25.9 Å². The van der Waals surface area contributed by atoms with Gasteiger partial charge in [0.25, 0.3) is 17.0 Å². The van der Waals surface area contributed by atoms with E-state index in [2.05, 4.69) is 52.7 Å². The van der Waals surface area contributed by atoms with Gasteiger partial charge >= 0.3 is 0 Å². The van der Waals surface area contributed by atoms with Gasteiger partial charge < -0.3 is 19.5 Å². The summed E-state index contributed by atoms with van der Waals surface area (Å²) in [6.07, 6.45) is 2.02. The molecule has 1 spiro atoms. The van der Waals surface area contributed by atoms with Gasteiger partial charge in [-0.1, -0.05) is 109 Å². The predicted molar refractivity (Wildman–Crippen MR) is 269 cm³/mol. The van der Waals surface area contributed by atoms with Crippen molar-refractivity contribution in [3.05, 3.63) is 195 Å². The maximum atomic E-state index is 15.9. The second kappa shape index (κ2) is 17.2. The molecule has 1 fully saturated rings. The second-order valence-electron chi connectivity index (χ2n) is 18.9. The van der Waals surface area contributed by atoms with Crippen molar-refractivity contribution in [3.63, 3.8) is 0 Å². The maximum Gasteiger partial charge on any atom is 0.279 e. The van der Waals surface area contributed by atoms with Crippen LogP contribution in [-0.4, -0.2) is 73.5 Å². The number of carbonyl (C=O) groups excluding carboxylic acids is 1. The number of aromatic amines is 2. The summed E-state index contributed by atoms with van der Waals surface area (Å²) in [5, 5.41) is 28.4. The molecule has 3 N–H and O–H groups in total. The molecule has 11 rings (SSSR count). The van der Waals surface area contributed by atoms with E-state index in [4.69, 9.17) is 9.47 Å². The summed E-state index contributed by atoms with van der Waals surface area (Å²) >= 11 is 0. The van der Waals surface area contributed by atoms with Crippen molar-refractivity contribution in [1.29, 1.82) is 0 Å². The lowest BCUT2D eigenvalue weighted by Gasteiger charge is -2.37. The van der Waals surface area contributed by atoms with E-state index >= 15 is 4.79 Å². The normalized spacial score (nSPS) is 19.5. The zero-order valence-corrected chi connectivity index (χ0v) is 39.7. The molecule has 69 heavy (non-hydrogen) atoms. The Morgan fingerprint density at radius 2 is 1.41 bits per heavy atom. The molecule has 2 aliphatic rings. The van der Waals surface area contributed by atoms with Crippen molar-refractivity contribution in [3.8, 4) is 17.1 Å². The molecule has 1 unspecified atom stereocenters. The number of hydrogen-bond donors (Lipinski definition) is 3. The molecular formula is C54H52N8O6Si. The number of carbonyl (C=O) groups is 1. The number of aliphatic hydroxyl groups excluding tert-OH is 1. The van der Waals surface area contributed by atoms with E-state index in [1.165, 1.54) is 9.87 Å². The summed E-state index contributed by atoms with van der Waals surface area (Å²) < 4.78 is 18.0. The van der Waals surface area contributed by atoms with Gasteiger partial charge in [-0.15, -0.1) is 5.10 Å². The van der Waals surface area contributed by atoms with Crippen LogP contribution in [0, 0.1) is 5.92 Å². The van der Waals surface area contributed by atoms with Gasteiger partial charge in [-0.05, 0) is 89.8 Å². The SMILES string of the molecule is COc1ccc([Si](C)(C)[C@@H]2[C@@H](CCn3cc(C(CO)c4ccccc4)nn3)O[C@]3(C(=O)N(Cc4ccc(-n5[nH]c6ccccc6c5=O)cc4)c4ccc(-n5[nH]c6ccccc6c5=O)cc43)[C@H]2C)cc1. The molecule has 3 aromatic heterocycles. The summed E-state index contributed by atoms with van der Waals surface area (Å²) in [4.78, 5) is 45.0. The number of fused-ring (bicyclic) bond motifs is 4. The Hall–Kier alpha value is -7.59. The van der Waals surface area contributed by atoms with Crippen LogP contribution >= 0.6 is 0 Å². The molecule has 0 saturated carbocycles. The molecule has 1 amide bonds. The van der Waals surface area contributed by atoms with Crippen LogP contribution in [0.5, 0.6) is 5.75 Å². The first-order valence-electron chi connectivity index (χ1n) is 23.3. The van der Waals surface area contributed by atoms with Crippen LogP contribution in [0.15, 0.2) is 161 Å². The Morgan fingerprint density at radius 1 is 0.783 bits per heavy atom. The summed E-state index contributed by atoms with van der Waals surface area (Å²) in [5.74, 6) is -0.0597. The average molecular weight is 937 g/mol. The summed E-state index contributed by atoms with van der Waals surface area (Å²) in [5.41, 5.74) is 4.77. The quantitative estimate of drug-likeness (QED) is 0.0999. The zero-order chi connectivity index (χ0) is 47.6. The van der Waals surface area contributed by atoms with E-state index in [-0.39, 0.29) is 47.6 Å². The van der Waals surface area contributed by atoms with Gasteiger partial charge in [-0.2, -0.15) is 0 Å². The van der Waals surface area contributed by atoms with Crippen molar-refractivity contribution in [1.82, 2.24) is 34.6 Å². The number of para-hydroxylation sites is 2. The number of anilines is 1. The number of nitrogens with zero attached hydrogens (tertiary/aromatic N) is 6. The molecule has 348 valence electrons. The van der Waals surface area contributed by atoms with Crippen molar-refractivity contribution < 1.29 is 19.4 Å². The first-order chi connectivity index (χ1) is 33.5. The molecule has 2 aliphatic heterocycles. The molecule has 9 aromatic rings. The van der Waals surface area contributed by atoms with Gasteiger partial charge in [0.2, 0.25) is 0 Å². The van der Waals surface area contributed by atoms with Crippen molar-refractivity contribution >= 4 is 46.7 Å². The molecule has 15 heteroatoms. The highest BCUT2D eigenvalue weighted by molar-refractivity contribution is 6.91. The lowest BCUT2D eigenvalue weighted by molar-refractivity contribution is -0.146. The Morgan fingerprint density at radius 3 is 2.04 bits per heavy atom. The van der Waals surface area contributed by atoms with E-state index in [1.54, 1.807) is 23.9 Å². The number of aryl methyl sites for hydroxylation is 1. The minimum atomic E-state index is -2.54. The fourth-order valence-corrected chi connectivity index (χ4v) is 15.2. The van der Waals surface area contributed by atoms with Gasteiger partial charge in [-0.25, -0.2) is 9.36 Å². The van der Waals surface area contributed by atoms with Crippen molar-refractivity contribution in [2.24, 2.45) is 5.92 Å². The first-order valence-corrected chi connectivity index (χ1v) is 26.4. The van der Waals surface area contributed by atoms with Gasteiger partial charge in [0.05, 0.1) is 84.9 Å². The summed E-state index contributed by atoms with van der Waals surface area (Å²) in [7, 11) is -0.874. The molecule has 6 aromatic carbocycles. The number of methoxy groups -OCH3 is 1. The number of nitrogens with one attached hydrogen (secondary N) is 2. The Labute approximate surface area is 398 Å². The smallest absolute Gasteiger partial charge is 0.279 e. The van der Waals surface area contributed by atoms with Gasteiger partial charge in [0, 0.05) is 24.2 Å². The van der Waals surface area contributed by atoms with Crippen LogP contribution in [-0.2, 0) is 28.2 Å². The minimum absolute atomic E-state index is 0.0755. The Kier molecular flexibility index (Phi) is 10.9. The molecule has 1 saturated heterocycles. The lowest BCUT2D eigenvalue weighted by atomic mass is 9.82. The number of aromatic nitrogens is 7. The van der Waals surface area contributed by atoms with Crippen LogP contribution in [0.3, 0.4) is 0 Å². The van der Waals surface area contributed by atoms with Crippen molar-refractivity contribution in [2.75, 3.05) is 18.6 Å². The molecule has 0 aliphatic carbocycles. The number of rotatable bonds is 13. The number of H-pyrrole nitrogens is 2. The van der Waals surface area contributed by atoms with Crippen LogP contribution in [0.4, 0.5) is 5.69 Å². The van der Waals surface area contributed by atoms with E-state index in [9.17, 15) is 14.7 Å². The highest BCUT2D eigenvalue weighted by Crippen LogP contribution is 2.60. The van der Waals surface area contributed by atoms with Gasteiger partial charge in [-0.3, -0.25) is 29.3 Å². The van der Waals surface area contributed by atoms with Crippen LogP contribution in [0.2, 0.25) is 18.6 Å². The molecule has 5 atom stereocenters. The third kappa shape index (κ3) is 7.27. The van der Waals surface area contributed by atoms with E-state index < -0.39 is 19.8 Å². The fraction of sp³-hybridized carbons (Fsp3) is 0.241. The highest BCUT2D eigenvalue weighted by Gasteiger charge is 2.66. The van der Waals surface area contributed by atoms with E-state index in [0.717, 1.165) is 22.4 Å². The first kappa shape index (κ1) is 43.9. The average Bonchev–Trinajstić information content (AvgIpc) is 4.19.